The minimum absolute atomic E-state index is 0.0292. The van der Waals surface area contributed by atoms with E-state index >= 15 is 0 Å². The minimum atomic E-state index is -2.86. The van der Waals surface area contributed by atoms with E-state index in [0.717, 1.165) is 19.3 Å². The van der Waals surface area contributed by atoms with Crippen molar-refractivity contribution in [3.8, 4) is 0 Å². The van der Waals surface area contributed by atoms with Gasteiger partial charge in [0.05, 0.1) is 17.3 Å². The Hall–Kier alpha value is -0.270. The van der Waals surface area contributed by atoms with Gasteiger partial charge in [-0.2, -0.15) is 0 Å². The number of carbonyl (C=O) groups is 1. The van der Waals surface area contributed by atoms with Crippen molar-refractivity contribution in [2.24, 2.45) is 5.41 Å². The highest BCUT2D eigenvalue weighted by atomic mass is 32.2. The normalized spacial score (nSPS) is 27.1. The average molecular weight is 307 g/mol. The molecular weight excluding hydrogens is 286 g/mol. The number of carbonyl (C=O) groups excluding carboxylic acids is 1. The number of sulfone groups is 1. The molecule has 2 fully saturated rings. The lowest BCUT2D eigenvalue weighted by atomic mass is 10.0. The zero-order valence-corrected chi connectivity index (χ0v) is 12.6. The maximum atomic E-state index is 11.7. The number of rotatable bonds is 7. The largest absolute Gasteiger partial charge is 0.396 e. The van der Waals surface area contributed by atoms with Gasteiger partial charge in [-0.25, -0.2) is 8.42 Å². The maximum absolute atomic E-state index is 11.7. The molecule has 1 aliphatic carbocycles. The zero-order valence-electron chi connectivity index (χ0n) is 10.9. The lowest BCUT2D eigenvalue weighted by Crippen LogP contribution is -2.32. The van der Waals surface area contributed by atoms with Gasteiger partial charge >= 0.3 is 0 Å². The van der Waals surface area contributed by atoms with Gasteiger partial charge in [-0.15, -0.1) is 11.8 Å². The number of nitrogens with one attached hydrogen (secondary N) is 1. The van der Waals surface area contributed by atoms with Crippen LogP contribution in [0.5, 0.6) is 0 Å². The van der Waals surface area contributed by atoms with E-state index in [-0.39, 0.29) is 34.7 Å². The summed E-state index contributed by atoms with van der Waals surface area (Å²) in [7, 11) is -2.86. The molecule has 1 heterocycles. The molecule has 1 unspecified atom stereocenters. The van der Waals surface area contributed by atoms with Crippen molar-refractivity contribution in [2.45, 2.75) is 30.9 Å². The maximum Gasteiger partial charge on any atom is 0.230 e. The van der Waals surface area contributed by atoms with Crippen molar-refractivity contribution in [1.82, 2.24) is 5.32 Å². The fourth-order valence-electron chi connectivity index (χ4n) is 2.35. The Morgan fingerprint density at radius 2 is 2.16 bits per heavy atom. The van der Waals surface area contributed by atoms with Crippen LogP contribution in [0.15, 0.2) is 0 Å². The van der Waals surface area contributed by atoms with Crippen LogP contribution >= 0.6 is 11.8 Å². The first-order valence-electron chi connectivity index (χ1n) is 6.64. The molecule has 0 aromatic heterocycles. The molecule has 1 atom stereocenters. The van der Waals surface area contributed by atoms with Crippen LogP contribution < -0.4 is 5.32 Å². The summed E-state index contributed by atoms with van der Waals surface area (Å²) in [5, 5.41) is 11.9. The molecule has 19 heavy (non-hydrogen) atoms. The molecule has 2 aliphatic rings. The van der Waals surface area contributed by atoms with Gasteiger partial charge in [-0.05, 0) is 31.1 Å². The van der Waals surface area contributed by atoms with Gasteiger partial charge in [-0.3, -0.25) is 4.79 Å². The van der Waals surface area contributed by atoms with Crippen LogP contribution in [0.25, 0.3) is 0 Å². The van der Waals surface area contributed by atoms with E-state index < -0.39 is 9.84 Å². The molecule has 0 spiro atoms. The van der Waals surface area contributed by atoms with Crippen LogP contribution in [0, 0.1) is 5.41 Å². The van der Waals surface area contributed by atoms with E-state index in [2.05, 4.69) is 5.32 Å². The lowest BCUT2D eigenvalue weighted by Gasteiger charge is -2.15. The highest BCUT2D eigenvalue weighted by Crippen LogP contribution is 2.47. The van der Waals surface area contributed by atoms with E-state index in [1.807, 2.05) is 0 Å². The van der Waals surface area contributed by atoms with Crippen molar-refractivity contribution < 1.29 is 18.3 Å². The second-order valence-electron chi connectivity index (χ2n) is 5.59. The minimum Gasteiger partial charge on any atom is -0.396 e. The smallest absolute Gasteiger partial charge is 0.230 e. The predicted octanol–water partition coefficient (Wildman–Crippen LogP) is 0.186. The summed E-state index contributed by atoms with van der Waals surface area (Å²) in [5.41, 5.74) is 0.131. The Bertz CT molecular complexity index is 431. The summed E-state index contributed by atoms with van der Waals surface area (Å²) >= 11 is 1.44. The first kappa shape index (κ1) is 15.1. The number of amides is 1. The van der Waals surface area contributed by atoms with E-state index in [4.69, 9.17) is 5.11 Å². The first-order chi connectivity index (χ1) is 8.95. The molecule has 5 nitrogen and oxygen atoms in total. The second kappa shape index (κ2) is 6.01. The molecule has 110 valence electrons. The first-order valence-corrected chi connectivity index (χ1v) is 9.51. The molecule has 1 saturated heterocycles. The number of hydrogen-bond donors (Lipinski definition) is 2. The fraction of sp³-hybridized carbons (Fsp3) is 0.917. The van der Waals surface area contributed by atoms with Crippen LogP contribution in [0.2, 0.25) is 0 Å². The van der Waals surface area contributed by atoms with E-state index in [1.165, 1.54) is 11.8 Å². The summed E-state index contributed by atoms with van der Waals surface area (Å²) in [6.45, 7) is 0.806. The SMILES string of the molecule is O=C(CSC1CCS(=O)(=O)C1)NCC1(CCO)CC1. The van der Waals surface area contributed by atoms with Crippen molar-refractivity contribution in [3.63, 3.8) is 0 Å². The third-order valence-electron chi connectivity index (χ3n) is 3.90. The van der Waals surface area contributed by atoms with Gasteiger partial charge in [0.1, 0.15) is 0 Å². The molecule has 0 aromatic rings. The molecule has 2 rings (SSSR count). The third kappa shape index (κ3) is 4.65. The highest BCUT2D eigenvalue weighted by Gasteiger charge is 2.41. The Morgan fingerprint density at radius 3 is 2.68 bits per heavy atom. The van der Waals surface area contributed by atoms with Crippen molar-refractivity contribution in [2.75, 3.05) is 30.4 Å². The van der Waals surface area contributed by atoms with Gasteiger partial charge in [0, 0.05) is 18.4 Å². The molecule has 1 aliphatic heterocycles. The average Bonchev–Trinajstić information content (AvgIpc) is 3.02. The Balaban J connectivity index is 1.63. The standard InChI is InChI=1S/C12H21NO4S2/c14-5-4-12(2-3-12)9-13-11(15)7-18-10-1-6-19(16,17)8-10/h10,14H,1-9H2,(H,13,15). The van der Waals surface area contributed by atoms with Crippen LogP contribution in [0.1, 0.15) is 25.7 Å². The predicted molar refractivity (Wildman–Crippen MR) is 75.9 cm³/mol. The molecule has 0 aromatic carbocycles. The van der Waals surface area contributed by atoms with E-state index in [1.54, 1.807) is 0 Å². The van der Waals surface area contributed by atoms with E-state index in [9.17, 15) is 13.2 Å². The Labute approximate surface area is 118 Å². The Kier molecular flexibility index (Phi) is 4.79. The van der Waals surface area contributed by atoms with Gasteiger partial charge in [0.2, 0.25) is 5.91 Å². The molecule has 2 N–H and O–H groups in total. The van der Waals surface area contributed by atoms with E-state index in [0.29, 0.717) is 18.7 Å². The summed E-state index contributed by atoms with van der Waals surface area (Å²) in [5.74, 6) is 0.763. The summed E-state index contributed by atoms with van der Waals surface area (Å²) in [6, 6.07) is 0. The monoisotopic (exact) mass is 307 g/mol. The number of thioether (sulfide) groups is 1. The third-order valence-corrected chi connectivity index (χ3v) is 7.18. The molecule has 0 bridgehead atoms. The summed E-state index contributed by atoms with van der Waals surface area (Å²) in [4.78, 5) is 11.7. The Morgan fingerprint density at radius 1 is 1.42 bits per heavy atom. The molecular formula is C12H21NO4S2. The lowest BCUT2D eigenvalue weighted by molar-refractivity contribution is -0.118. The molecule has 1 saturated carbocycles. The second-order valence-corrected chi connectivity index (χ2v) is 9.10. The van der Waals surface area contributed by atoms with Gasteiger partial charge in [0.15, 0.2) is 9.84 Å². The van der Waals surface area contributed by atoms with Gasteiger partial charge < -0.3 is 10.4 Å². The number of hydrogen-bond acceptors (Lipinski definition) is 5. The van der Waals surface area contributed by atoms with Crippen molar-refractivity contribution >= 4 is 27.5 Å². The topological polar surface area (TPSA) is 83.5 Å². The molecule has 1 amide bonds. The van der Waals surface area contributed by atoms with Crippen LogP contribution in [-0.4, -0.2) is 55.1 Å². The molecule has 7 heteroatoms. The zero-order chi connectivity index (χ0) is 13.9. The van der Waals surface area contributed by atoms with Crippen molar-refractivity contribution in [3.05, 3.63) is 0 Å². The fourth-order valence-corrected chi connectivity index (χ4v) is 5.83. The van der Waals surface area contributed by atoms with Crippen LogP contribution in [0.4, 0.5) is 0 Å². The van der Waals surface area contributed by atoms with Crippen molar-refractivity contribution in [1.29, 1.82) is 0 Å². The summed E-state index contributed by atoms with van der Waals surface area (Å²) in [6.07, 6.45) is 3.56. The number of aliphatic hydroxyl groups excluding tert-OH is 1. The molecule has 0 radical (unpaired) electrons. The number of aliphatic hydroxyl groups is 1. The van der Waals surface area contributed by atoms with Crippen LogP contribution in [0.3, 0.4) is 0 Å². The quantitative estimate of drug-likeness (QED) is 0.701. The van der Waals surface area contributed by atoms with Crippen LogP contribution in [-0.2, 0) is 14.6 Å². The summed E-state index contributed by atoms with van der Waals surface area (Å²) < 4.78 is 22.6. The van der Waals surface area contributed by atoms with Gasteiger partial charge in [-0.1, -0.05) is 0 Å². The van der Waals surface area contributed by atoms with Gasteiger partial charge in [0.25, 0.3) is 0 Å². The highest BCUT2D eigenvalue weighted by molar-refractivity contribution is 8.02.